The third kappa shape index (κ3) is 4.58. The van der Waals surface area contributed by atoms with Crippen LogP contribution in [0.3, 0.4) is 0 Å². The largest absolute Gasteiger partial charge is 0.294 e. The number of rotatable bonds is 5. The SMILES string of the molecule is CCN(Cc1ccc(I)cc1)Cc1cccc(C)n1. The molecule has 0 atom stereocenters. The van der Waals surface area contributed by atoms with Crippen molar-refractivity contribution in [1.82, 2.24) is 9.88 Å². The number of hydrogen-bond donors (Lipinski definition) is 0. The van der Waals surface area contributed by atoms with E-state index in [-0.39, 0.29) is 0 Å². The minimum absolute atomic E-state index is 0.907. The fraction of sp³-hybridized carbons (Fsp3) is 0.312. The Morgan fingerprint density at radius 3 is 2.42 bits per heavy atom. The smallest absolute Gasteiger partial charge is 0.0547 e. The lowest BCUT2D eigenvalue weighted by Gasteiger charge is -2.20. The number of nitrogens with zero attached hydrogens (tertiary/aromatic N) is 2. The Balaban J connectivity index is 2.02. The maximum absolute atomic E-state index is 4.57. The fourth-order valence-corrected chi connectivity index (χ4v) is 2.40. The third-order valence-corrected chi connectivity index (χ3v) is 3.82. The van der Waals surface area contributed by atoms with Gasteiger partial charge >= 0.3 is 0 Å². The molecule has 0 fully saturated rings. The molecule has 2 nitrogen and oxygen atoms in total. The first-order chi connectivity index (χ1) is 9.17. The summed E-state index contributed by atoms with van der Waals surface area (Å²) in [6, 6.07) is 14.9. The summed E-state index contributed by atoms with van der Waals surface area (Å²) in [5.41, 5.74) is 3.59. The van der Waals surface area contributed by atoms with Crippen molar-refractivity contribution >= 4 is 22.6 Å². The normalized spacial score (nSPS) is 10.9. The Morgan fingerprint density at radius 1 is 1.05 bits per heavy atom. The van der Waals surface area contributed by atoms with E-state index in [4.69, 9.17) is 0 Å². The quantitative estimate of drug-likeness (QED) is 0.744. The predicted octanol–water partition coefficient (Wildman–Crippen LogP) is 4.02. The van der Waals surface area contributed by atoms with Crippen LogP contribution in [-0.2, 0) is 13.1 Å². The van der Waals surface area contributed by atoms with Crippen molar-refractivity contribution in [3.8, 4) is 0 Å². The molecular weight excluding hydrogens is 347 g/mol. The summed E-state index contributed by atoms with van der Waals surface area (Å²) in [4.78, 5) is 6.98. The molecule has 0 spiro atoms. The topological polar surface area (TPSA) is 16.1 Å². The molecule has 0 bridgehead atoms. The maximum Gasteiger partial charge on any atom is 0.0547 e. The van der Waals surface area contributed by atoms with Crippen LogP contribution in [-0.4, -0.2) is 16.4 Å². The van der Waals surface area contributed by atoms with Crippen LogP contribution in [0.2, 0.25) is 0 Å². The lowest BCUT2D eigenvalue weighted by atomic mass is 10.2. The highest BCUT2D eigenvalue weighted by atomic mass is 127. The second kappa shape index (κ2) is 7.01. The van der Waals surface area contributed by atoms with Crippen molar-refractivity contribution in [2.75, 3.05) is 6.54 Å². The Labute approximate surface area is 129 Å². The molecule has 0 saturated carbocycles. The molecule has 1 heterocycles. The van der Waals surface area contributed by atoms with E-state index < -0.39 is 0 Å². The van der Waals surface area contributed by atoms with Crippen molar-refractivity contribution in [2.24, 2.45) is 0 Å². The summed E-state index contributed by atoms with van der Waals surface area (Å²) in [7, 11) is 0. The van der Waals surface area contributed by atoms with E-state index in [1.807, 2.05) is 13.0 Å². The van der Waals surface area contributed by atoms with Gasteiger partial charge in [0.15, 0.2) is 0 Å². The maximum atomic E-state index is 4.57. The highest BCUT2D eigenvalue weighted by Crippen LogP contribution is 2.11. The number of benzene rings is 1. The van der Waals surface area contributed by atoms with E-state index in [0.29, 0.717) is 0 Å². The Hall–Kier alpha value is -0.940. The molecule has 100 valence electrons. The number of pyridine rings is 1. The minimum atomic E-state index is 0.907. The van der Waals surface area contributed by atoms with Crippen LogP contribution in [0.25, 0.3) is 0 Å². The number of hydrogen-bond acceptors (Lipinski definition) is 2. The molecule has 0 amide bonds. The predicted molar refractivity (Wildman–Crippen MR) is 87.9 cm³/mol. The van der Waals surface area contributed by atoms with Crippen LogP contribution in [0.5, 0.6) is 0 Å². The molecule has 0 radical (unpaired) electrons. The number of halogens is 1. The van der Waals surface area contributed by atoms with E-state index in [9.17, 15) is 0 Å². The second-order valence-corrected chi connectivity index (χ2v) is 5.95. The average molecular weight is 366 g/mol. The minimum Gasteiger partial charge on any atom is -0.294 e. The lowest BCUT2D eigenvalue weighted by molar-refractivity contribution is 0.268. The second-order valence-electron chi connectivity index (χ2n) is 4.70. The van der Waals surface area contributed by atoms with Gasteiger partial charge in [0, 0.05) is 22.4 Å². The first-order valence-corrected chi connectivity index (χ1v) is 7.64. The van der Waals surface area contributed by atoms with Crippen LogP contribution in [0.1, 0.15) is 23.9 Å². The molecule has 1 aromatic heterocycles. The molecule has 0 aliphatic rings. The molecule has 2 aromatic rings. The van der Waals surface area contributed by atoms with Gasteiger partial charge in [0.2, 0.25) is 0 Å². The molecule has 0 saturated heterocycles. The fourth-order valence-electron chi connectivity index (χ4n) is 2.04. The van der Waals surface area contributed by atoms with Gasteiger partial charge in [0.1, 0.15) is 0 Å². The molecule has 19 heavy (non-hydrogen) atoms. The zero-order valence-electron chi connectivity index (χ0n) is 11.4. The van der Waals surface area contributed by atoms with E-state index in [1.165, 1.54) is 9.13 Å². The van der Waals surface area contributed by atoms with E-state index in [0.717, 1.165) is 31.0 Å². The van der Waals surface area contributed by atoms with Crippen LogP contribution < -0.4 is 0 Å². The van der Waals surface area contributed by atoms with Gasteiger partial charge in [0.25, 0.3) is 0 Å². The average Bonchev–Trinajstić information content (AvgIpc) is 2.40. The van der Waals surface area contributed by atoms with Gasteiger partial charge in [-0.05, 0) is 65.9 Å². The standard InChI is InChI=1S/C16H19IN2/c1-3-19(11-14-7-9-15(17)10-8-14)12-16-6-4-5-13(2)18-16/h4-10H,3,11-12H2,1-2H3. The zero-order valence-corrected chi connectivity index (χ0v) is 13.6. The summed E-state index contributed by atoms with van der Waals surface area (Å²) in [5.74, 6) is 0. The number of aromatic nitrogens is 1. The Kier molecular flexibility index (Phi) is 5.34. The van der Waals surface area contributed by atoms with Crippen molar-refractivity contribution in [1.29, 1.82) is 0 Å². The molecule has 1 aromatic carbocycles. The molecular formula is C16H19IN2. The van der Waals surface area contributed by atoms with Gasteiger partial charge in [-0.25, -0.2) is 0 Å². The van der Waals surface area contributed by atoms with Gasteiger partial charge < -0.3 is 0 Å². The van der Waals surface area contributed by atoms with Crippen molar-refractivity contribution in [3.05, 3.63) is 63.0 Å². The summed E-state index contributed by atoms with van der Waals surface area (Å²) < 4.78 is 1.28. The van der Waals surface area contributed by atoms with Gasteiger partial charge in [-0.15, -0.1) is 0 Å². The highest BCUT2D eigenvalue weighted by Gasteiger charge is 2.06. The van der Waals surface area contributed by atoms with Gasteiger partial charge in [-0.3, -0.25) is 9.88 Å². The number of aryl methyl sites for hydroxylation is 1. The van der Waals surface area contributed by atoms with Crippen molar-refractivity contribution < 1.29 is 0 Å². The molecule has 3 heteroatoms. The van der Waals surface area contributed by atoms with Crippen molar-refractivity contribution in [3.63, 3.8) is 0 Å². The van der Waals surface area contributed by atoms with E-state index in [2.05, 4.69) is 75.8 Å². The zero-order chi connectivity index (χ0) is 13.7. The van der Waals surface area contributed by atoms with Crippen LogP contribution in [0.15, 0.2) is 42.5 Å². The first kappa shape index (κ1) is 14.5. The van der Waals surface area contributed by atoms with Gasteiger partial charge in [-0.2, -0.15) is 0 Å². The van der Waals surface area contributed by atoms with E-state index in [1.54, 1.807) is 0 Å². The van der Waals surface area contributed by atoms with Crippen LogP contribution in [0.4, 0.5) is 0 Å². The van der Waals surface area contributed by atoms with E-state index >= 15 is 0 Å². The summed E-state index contributed by atoms with van der Waals surface area (Å²) in [5, 5.41) is 0. The summed E-state index contributed by atoms with van der Waals surface area (Å²) in [6.07, 6.45) is 0. The molecule has 0 N–H and O–H groups in total. The molecule has 0 aliphatic carbocycles. The van der Waals surface area contributed by atoms with Crippen LogP contribution in [0, 0.1) is 10.5 Å². The lowest BCUT2D eigenvalue weighted by Crippen LogP contribution is -2.22. The van der Waals surface area contributed by atoms with Gasteiger partial charge in [-0.1, -0.05) is 25.1 Å². The van der Waals surface area contributed by atoms with Crippen molar-refractivity contribution in [2.45, 2.75) is 26.9 Å². The van der Waals surface area contributed by atoms with Crippen LogP contribution >= 0.6 is 22.6 Å². The summed E-state index contributed by atoms with van der Waals surface area (Å²) >= 11 is 2.34. The Morgan fingerprint density at radius 2 is 1.79 bits per heavy atom. The molecule has 0 unspecified atom stereocenters. The third-order valence-electron chi connectivity index (χ3n) is 3.10. The van der Waals surface area contributed by atoms with Gasteiger partial charge in [0.05, 0.1) is 5.69 Å². The first-order valence-electron chi connectivity index (χ1n) is 6.56. The molecule has 2 rings (SSSR count). The Bertz CT molecular complexity index is 523. The summed E-state index contributed by atoms with van der Waals surface area (Å²) in [6.45, 7) is 7.15. The molecule has 0 aliphatic heterocycles. The highest BCUT2D eigenvalue weighted by molar-refractivity contribution is 14.1. The monoisotopic (exact) mass is 366 g/mol.